The average Bonchev–Trinajstić information content (AvgIpc) is 3.38. The number of benzene rings is 1. The van der Waals surface area contributed by atoms with Crippen molar-refractivity contribution in [1.29, 1.82) is 0 Å². The van der Waals surface area contributed by atoms with Gasteiger partial charge in [0.15, 0.2) is 0 Å². The topological polar surface area (TPSA) is 79.4 Å². The number of hydrogen-bond donors (Lipinski definition) is 1. The Labute approximate surface area is 194 Å². The van der Waals surface area contributed by atoms with E-state index in [9.17, 15) is 0 Å². The fraction of sp³-hybridized carbons (Fsp3) is 0.560. The number of fused-ring (bicyclic) bond motifs is 1. The van der Waals surface area contributed by atoms with Crippen LogP contribution in [0.3, 0.4) is 0 Å². The summed E-state index contributed by atoms with van der Waals surface area (Å²) in [5.41, 5.74) is 2.66. The fourth-order valence-corrected chi connectivity index (χ4v) is 5.00. The van der Waals surface area contributed by atoms with Crippen molar-refractivity contribution in [3.05, 3.63) is 30.6 Å². The van der Waals surface area contributed by atoms with E-state index >= 15 is 0 Å². The van der Waals surface area contributed by atoms with Crippen molar-refractivity contribution >= 4 is 16.7 Å². The predicted molar refractivity (Wildman–Crippen MR) is 128 cm³/mol. The van der Waals surface area contributed by atoms with Gasteiger partial charge in [-0.25, -0.2) is 9.97 Å². The first-order valence-corrected chi connectivity index (χ1v) is 12.1. The van der Waals surface area contributed by atoms with E-state index in [1.807, 2.05) is 19.2 Å². The van der Waals surface area contributed by atoms with E-state index in [0.29, 0.717) is 6.10 Å². The molecular weight excluding hydrogens is 416 g/mol. The van der Waals surface area contributed by atoms with Crippen LogP contribution in [0, 0.1) is 5.92 Å². The molecule has 1 saturated heterocycles. The molecule has 8 heteroatoms. The highest BCUT2D eigenvalue weighted by molar-refractivity contribution is 5.93. The third-order valence-corrected chi connectivity index (χ3v) is 7.49. The second-order valence-corrected chi connectivity index (χ2v) is 10.1. The molecule has 3 fully saturated rings. The Morgan fingerprint density at radius 1 is 1.09 bits per heavy atom. The molecule has 0 spiro atoms. The normalized spacial score (nSPS) is 24.6. The van der Waals surface area contributed by atoms with Gasteiger partial charge in [-0.3, -0.25) is 10.00 Å². The summed E-state index contributed by atoms with van der Waals surface area (Å²) in [4.78, 5) is 14.1. The van der Waals surface area contributed by atoms with Gasteiger partial charge >= 0.3 is 0 Å². The lowest BCUT2D eigenvalue weighted by Crippen LogP contribution is -2.50. The van der Waals surface area contributed by atoms with Gasteiger partial charge in [0.1, 0.15) is 29.2 Å². The molecule has 0 amide bonds. The molecule has 1 aromatic carbocycles. The quantitative estimate of drug-likeness (QED) is 0.593. The number of nitrogens with zero attached hydrogens (tertiary/aromatic N) is 5. The first-order chi connectivity index (χ1) is 16.1. The predicted octanol–water partition coefficient (Wildman–Crippen LogP) is 3.50. The maximum atomic E-state index is 6.17. The first-order valence-electron chi connectivity index (χ1n) is 12.1. The zero-order chi connectivity index (χ0) is 22.4. The lowest BCUT2D eigenvalue weighted by Gasteiger charge is -2.41. The summed E-state index contributed by atoms with van der Waals surface area (Å²) in [7, 11) is 1.82. The van der Waals surface area contributed by atoms with E-state index in [1.54, 1.807) is 6.33 Å². The molecule has 0 atom stereocenters. The number of hydrogen-bond acceptors (Lipinski definition) is 7. The Morgan fingerprint density at radius 3 is 2.67 bits per heavy atom. The molecular formula is C25H32N6O2. The van der Waals surface area contributed by atoms with Crippen molar-refractivity contribution in [2.24, 2.45) is 5.92 Å². The van der Waals surface area contributed by atoms with Crippen LogP contribution in [0.1, 0.15) is 32.6 Å². The number of methoxy groups -OCH3 is 1. The highest BCUT2D eigenvalue weighted by Crippen LogP contribution is 2.40. The van der Waals surface area contributed by atoms with Gasteiger partial charge in [-0.05, 0) is 56.7 Å². The summed E-state index contributed by atoms with van der Waals surface area (Å²) < 4.78 is 11.6. The number of piperazine rings is 1. The van der Waals surface area contributed by atoms with Crippen molar-refractivity contribution < 1.29 is 9.47 Å². The zero-order valence-corrected chi connectivity index (χ0v) is 19.5. The molecule has 33 heavy (non-hydrogen) atoms. The molecule has 1 aliphatic heterocycles. The number of ether oxygens (including phenoxy) is 2. The third kappa shape index (κ3) is 4.29. The number of anilines is 1. The molecule has 6 rings (SSSR count). The molecule has 0 unspecified atom stereocenters. The van der Waals surface area contributed by atoms with E-state index in [-0.39, 0.29) is 5.60 Å². The van der Waals surface area contributed by atoms with Crippen LogP contribution in [-0.2, 0) is 4.74 Å². The van der Waals surface area contributed by atoms with Crippen LogP contribution in [0.5, 0.6) is 5.75 Å². The molecule has 3 aliphatic rings. The van der Waals surface area contributed by atoms with Gasteiger partial charge in [0.25, 0.3) is 0 Å². The molecule has 3 heterocycles. The van der Waals surface area contributed by atoms with Gasteiger partial charge < -0.3 is 14.4 Å². The third-order valence-electron chi connectivity index (χ3n) is 7.49. The largest absolute Gasteiger partial charge is 0.488 e. The molecule has 2 saturated carbocycles. The van der Waals surface area contributed by atoms with Crippen LogP contribution < -0.4 is 9.64 Å². The fourth-order valence-electron chi connectivity index (χ4n) is 5.00. The van der Waals surface area contributed by atoms with E-state index < -0.39 is 0 Å². The Balaban J connectivity index is 1.15. The van der Waals surface area contributed by atoms with Gasteiger partial charge in [-0.2, -0.15) is 5.10 Å². The van der Waals surface area contributed by atoms with Gasteiger partial charge in [-0.15, -0.1) is 0 Å². The second-order valence-electron chi connectivity index (χ2n) is 10.1. The summed E-state index contributed by atoms with van der Waals surface area (Å²) in [6, 6.07) is 8.19. The van der Waals surface area contributed by atoms with E-state index in [2.05, 4.69) is 49.0 Å². The standard InChI is InChI=1S/C25H32N6O2/c1-25(5-6-25)33-18-3-4-21-20(13-18)24(29-28-21)22-14-23(27-16-26-22)31-9-7-30(8-10-31)15-17-11-19(12-17)32-2/h3-4,13-14,16-17,19H,5-12,15H2,1-2H3,(H,28,29). The Bertz CT molecular complexity index is 1130. The number of aromatic amines is 1. The minimum Gasteiger partial charge on any atom is -0.488 e. The number of aromatic nitrogens is 4. The van der Waals surface area contributed by atoms with E-state index in [0.717, 1.165) is 78.8 Å². The number of nitrogens with one attached hydrogen (secondary N) is 1. The highest BCUT2D eigenvalue weighted by atomic mass is 16.5. The van der Waals surface area contributed by atoms with Crippen LogP contribution in [0.4, 0.5) is 5.82 Å². The monoisotopic (exact) mass is 448 g/mol. The second kappa shape index (κ2) is 8.25. The van der Waals surface area contributed by atoms with Gasteiger partial charge in [0, 0.05) is 51.3 Å². The van der Waals surface area contributed by atoms with Crippen LogP contribution >= 0.6 is 0 Å². The Kier molecular flexibility index (Phi) is 5.22. The lowest BCUT2D eigenvalue weighted by atomic mass is 9.82. The molecule has 2 aliphatic carbocycles. The van der Waals surface area contributed by atoms with Crippen LogP contribution in [0.15, 0.2) is 30.6 Å². The van der Waals surface area contributed by atoms with Crippen molar-refractivity contribution in [3.63, 3.8) is 0 Å². The number of H-pyrrole nitrogens is 1. The van der Waals surface area contributed by atoms with Crippen LogP contribution in [-0.4, -0.2) is 76.6 Å². The van der Waals surface area contributed by atoms with Crippen molar-refractivity contribution in [1.82, 2.24) is 25.1 Å². The highest BCUT2D eigenvalue weighted by Gasteiger charge is 2.40. The van der Waals surface area contributed by atoms with Gasteiger partial charge in [0.05, 0.1) is 17.3 Å². The molecule has 2 aromatic heterocycles. The van der Waals surface area contributed by atoms with Crippen molar-refractivity contribution in [2.75, 3.05) is 44.7 Å². The van der Waals surface area contributed by atoms with E-state index in [4.69, 9.17) is 9.47 Å². The summed E-state index contributed by atoms with van der Waals surface area (Å²) in [5, 5.41) is 8.74. The first kappa shape index (κ1) is 20.9. The van der Waals surface area contributed by atoms with Crippen LogP contribution in [0.2, 0.25) is 0 Å². The van der Waals surface area contributed by atoms with Gasteiger partial charge in [-0.1, -0.05) is 0 Å². The summed E-state index contributed by atoms with van der Waals surface area (Å²) in [6.45, 7) is 7.44. The summed E-state index contributed by atoms with van der Waals surface area (Å²) in [6.07, 6.45) is 6.77. The maximum Gasteiger partial charge on any atom is 0.132 e. The number of rotatable bonds is 7. The van der Waals surface area contributed by atoms with E-state index in [1.165, 1.54) is 19.4 Å². The lowest BCUT2D eigenvalue weighted by molar-refractivity contribution is -0.0113. The zero-order valence-electron chi connectivity index (χ0n) is 19.5. The molecule has 0 bridgehead atoms. The summed E-state index contributed by atoms with van der Waals surface area (Å²) >= 11 is 0. The maximum absolute atomic E-state index is 6.17. The Morgan fingerprint density at radius 2 is 1.91 bits per heavy atom. The smallest absolute Gasteiger partial charge is 0.132 e. The molecule has 174 valence electrons. The van der Waals surface area contributed by atoms with Crippen LogP contribution in [0.25, 0.3) is 22.3 Å². The molecule has 3 aromatic rings. The molecule has 0 radical (unpaired) electrons. The molecule has 8 nitrogen and oxygen atoms in total. The van der Waals surface area contributed by atoms with Crippen molar-refractivity contribution in [2.45, 2.75) is 44.3 Å². The Hall–Kier alpha value is -2.71. The minimum atomic E-state index is -0.00801. The average molecular weight is 449 g/mol. The minimum absolute atomic E-state index is 0.00801. The van der Waals surface area contributed by atoms with Crippen molar-refractivity contribution in [3.8, 4) is 17.1 Å². The SMILES string of the molecule is COC1CC(CN2CCN(c3cc(-c4n[nH]c5ccc(OC6(C)CC6)cc45)ncn3)CC2)C1. The molecule has 1 N–H and O–H groups in total. The van der Waals surface area contributed by atoms with Gasteiger partial charge in [0.2, 0.25) is 0 Å². The summed E-state index contributed by atoms with van der Waals surface area (Å²) in [5.74, 6) is 2.65.